The standard InChI is InChI=1S/C30H40ClN5O4/c1-24(40-28-13-5-6-21-39-28)29-32-36(30(37)35(29)20-22-38-27-11-3-2-4-12-27)15-8-14-33-16-18-34(19-17-33)26-10-7-9-25(31)23-26/h2-4,7,9-12,23-24,28H,5-6,8,13-22H2,1H3/t24-,28?/m0/s1. The van der Waals surface area contributed by atoms with Gasteiger partial charge >= 0.3 is 5.69 Å². The lowest BCUT2D eigenvalue weighted by Crippen LogP contribution is -2.46. The molecule has 3 heterocycles. The third-order valence-corrected chi connectivity index (χ3v) is 7.76. The number of benzene rings is 2. The van der Waals surface area contributed by atoms with Gasteiger partial charge in [-0.25, -0.2) is 9.48 Å². The molecule has 1 unspecified atom stereocenters. The van der Waals surface area contributed by atoms with Gasteiger partial charge in [-0.2, -0.15) is 5.10 Å². The lowest BCUT2D eigenvalue weighted by atomic mass is 10.2. The summed E-state index contributed by atoms with van der Waals surface area (Å²) in [4.78, 5) is 18.2. The Morgan fingerprint density at radius 2 is 1.85 bits per heavy atom. The minimum atomic E-state index is -0.367. The van der Waals surface area contributed by atoms with Crippen LogP contribution in [0.15, 0.2) is 59.4 Å². The monoisotopic (exact) mass is 569 g/mol. The molecule has 2 aliphatic heterocycles. The van der Waals surface area contributed by atoms with E-state index in [0.29, 0.717) is 32.1 Å². The van der Waals surface area contributed by atoms with Crippen LogP contribution in [0.1, 0.15) is 44.5 Å². The van der Waals surface area contributed by atoms with Crippen LogP contribution >= 0.6 is 11.6 Å². The number of halogens is 1. The lowest BCUT2D eigenvalue weighted by Gasteiger charge is -2.36. The Balaban J connectivity index is 1.18. The maximum absolute atomic E-state index is 13.4. The largest absolute Gasteiger partial charge is 0.492 e. The second kappa shape index (κ2) is 14.2. The second-order valence-electron chi connectivity index (χ2n) is 10.4. The summed E-state index contributed by atoms with van der Waals surface area (Å²) >= 11 is 6.18. The summed E-state index contributed by atoms with van der Waals surface area (Å²) in [7, 11) is 0. The highest BCUT2D eigenvalue weighted by Crippen LogP contribution is 2.23. The first-order valence-corrected chi connectivity index (χ1v) is 14.8. The molecule has 9 nitrogen and oxygen atoms in total. The zero-order valence-corrected chi connectivity index (χ0v) is 24.0. The van der Waals surface area contributed by atoms with Crippen molar-refractivity contribution in [2.75, 3.05) is 50.8 Å². The summed E-state index contributed by atoms with van der Waals surface area (Å²) in [5, 5.41) is 5.50. The van der Waals surface area contributed by atoms with Gasteiger partial charge in [0.05, 0.1) is 6.54 Å². The fraction of sp³-hybridized carbons (Fsp3) is 0.533. The molecule has 0 saturated carbocycles. The van der Waals surface area contributed by atoms with Crippen molar-refractivity contribution in [3.63, 3.8) is 0 Å². The van der Waals surface area contributed by atoms with Crippen LogP contribution in [0.5, 0.6) is 5.75 Å². The van der Waals surface area contributed by atoms with Crippen molar-refractivity contribution < 1.29 is 14.2 Å². The van der Waals surface area contributed by atoms with E-state index >= 15 is 0 Å². The predicted molar refractivity (Wildman–Crippen MR) is 156 cm³/mol. The van der Waals surface area contributed by atoms with Crippen molar-refractivity contribution >= 4 is 17.3 Å². The molecule has 2 atom stereocenters. The highest BCUT2D eigenvalue weighted by atomic mass is 35.5. The van der Waals surface area contributed by atoms with E-state index in [1.807, 2.05) is 55.5 Å². The van der Waals surface area contributed by atoms with Crippen molar-refractivity contribution in [1.29, 1.82) is 0 Å². The van der Waals surface area contributed by atoms with Crippen LogP contribution in [0.25, 0.3) is 0 Å². The van der Waals surface area contributed by atoms with E-state index in [2.05, 4.69) is 15.9 Å². The molecule has 1 aromatic heterocycles. The van der Waals surface area contributed by atoms with Crippen LogP contribution in [0, 0.1) is 0 Å². The van der Waals surface area contributed by atoms with Gasteiger partial charge < -0.3 is 19.1 Å². The molecule has 0 spiro atoms. The number of aromatic nitrogens is 3. The van der Waals surface area contributed by atoms with Gasteiger partial charge in [0.2, 0.25) is 0 Å². The Labute approximate surface area is 241 Å². The van der Waals surface area contributed by atoms with Gasteiger partial charge in [-0.05, 0) is 62.9 Å². The maximum Gasteiger partial charge on any atom is 0.346 e. The van der Waals surface area contributed by atoms with Gasteiger partial charge in [-0.15, -0.1) is 0 Å². The number of rotatable bonds is 12. The number of aryl methyl sites for hydroxylation is 1. The summed E-state index contributed by atoms with van der Waals surface area (Å²) in [5.41, 5.74) is 1.04. The molecule has 0 N–H and O–H groups in total. The van der Waals surface area contributed by atoms with Crippen molar-refractivity contribution in [1.82, 2.24) is 19.2 Å². The van der Waals surface area contributed by atoms with E-state index in [-0.39, 0.29) is 18.1 Å². The minimum Gasteiger partial charge on any atom is -0.492 e. The fourth-order valence-electron chi connectivity index (χ4n) is 5.34. The number of piperazine rings is 1. The first-order valence-electron chi connectivity index (χ1n) is 14.4. The van der Waals surface area contributed by atoms with Crippen LogP contribution in [0.2, 0.25) is 5.02 Å². The summed E-state index contributed by atoms with van der Waals surface area (Å²) in [6, 6.07) is 17.7. The zero-order chi connectivity index (χ0) is 27.7. The zero-order valence-electron chi connectivity index (χ0n) is 23.3. The van der Waals surface area contributed by atoms with E-state index in [1.165, 1.54) is 5.69 Å². The second-order valence-corrected chi connectivity index (χ2v) is 10.9. The number of para-hydroxylation sites is 1. The smallest absolute Gasteiger partial charge is 0.346 e. The topological polar surface area (TPSA) is 74.0 Å². The molecule has 0 aliphatic carbocycles. The third-order valence-electron chi connectivity index (χ3n) is 7.53. The van der Waals surface area contributed by atoms with Crippen LogP contribution in [0.4, 0.5) is 5.69 Å². The number of ether oxygens (including phenoxy) is 3. The maximum atomic E-state index is 13.4. The lowest BCUT2D eigenvalue weighted by molar-refractivity contribution is -0.188. The van der Waals surface area contributed by atoms with Crippen LogP contribution in [-0.4, -0.2) is 71.5 Å². The average Bonchev–Trinajstić information content (AvgIpc) is 3.29. The van der Waals surface area contributed by atoms with Gasteiger partial charge in [0.25, 0.3) is 0 Å². The number of hydrogen-bond donors (Lipinski definition) is 0. The van der Waals surface area contributed by atoms with Crippen molar-refractivity contribution in [2.24, 2.45) is 0 Å². The third kappa shape index (κ3) is 7.66. The van der Waals surface area contributed by atoms with E-state index in [4.69, 9.17) is 30.9 Å². The molecule has 0 bridgehead atoms. The number of anilines is 1. The average molecular weight is 570 g/mol. The molecule has 40 heavy (non-hydrogen) atoms. The molecule has 5 rings (SSSR count). The highest BCUT2D eigenvalue weighted by molar-refractivity contribution is 6.30. The molecule has 2 aromatic carbocycles. The molecule has 0 amide bonds. The van der Waals surface area contributed by atoms with E-state index in [1.54, 1.807) is 9.25 Å². The van der Waals surface area contributed by atoms with E-state index < -0.39 is 0 Å². The Morgan fingerprint density at radius 1 is 1.02 bits per heavy atom. The predicted octanol–water partition coefficient (Wildman–Crippen LogP) is 4.59. The van der Waals surface area contributed by atoms with Gasteiger partial charge in [0, 0.05) is 56.6 Å². The van der Waals surface area contributed by atoms with Gasteiger partial charge in [-0.1, -0.05) is 35.9 Å². The summed E-state index contributed by atoms with van der Waals surface area (Å²) in [5.74, 6) is 1.39. The van der Waals surface area contributed by atoms with Crippen molar-refractivity contribution in [3.8, 4) is 5.75 Å². The normalized spacial score (nSPS) is 19.1. The van der Waals surface area contributed by atoms with Crippen molar-refractivity contribution in [2.45, 2.75) is 58.1 Å². The first-order chi connectivity index (χ1) is 19.6. The molecule has 0 radical (unpaired) electrons. The fourth-order valence-corrected chi connectivity index (χ4v) is 5.52. The van der Waals surface area contributed by atoms with E-state index in [9.17, 15) is 4.79 Å². The first kappa shape index (κ1) is 28.7. The minimum absolute atomic E-state index is 0.127. The molecular formula is C30H40ClN5O4. The highest BCUT2D eigenvalue weighted by Gasteiger charge is 2.24. The number of nitrogens with zero attached hydrogens (tertiary/aromatic N) is 5. The summed E-state index contributed by atoms with van der Waals surface area (Å²) in [6.07, 6.45) is 3.21. The molecule has 216 valence electrons. The summed E-state index contributed by atoms with van der Waals surface area (Å²) < 4.78 is 21.1. The van der Waals surface area contributed by atoms with Crippen molar-refractivity contribution in [3.05, 3.63) is 75.9 Å². The summed E-state index contributed by atoms with van der Waals surface area (Å²) in [6.45, 7) is 8.75. The Kier molecular flexibility index (Phi) is 10.2. The molecular weight excluding hydrogens is 530 g/mol. The Morgan fingerprint density at radius 3 is 2.60 bits per heavy atom. The quantitative estimate of drug-likeness (QED) is 0.316. The van der Waals surface area contributed by atoms with E-state index in [0.717, 1.165) is 69.2 Å². The molecule has 10 heteroatoms. The molecule has 2 fully saturated rings. The Bertz CT molecular complexity index is 1250. The van der Waals surface area contributed by atoms with Gasteiger partial charge in [-0.3, -0.25) is 9.47 Å². The SMILES string of the molecule is C[C@H](OC1CCCCO1)c1nn(CCCN2CCN(c3cccc(Cl)c3)CC2)c(=O)n1CCOc1ccccc1. The Hall–Kier alpha value is -2.85. The van der Waals surface area contributed by atoms with Gasteiger partial charge in [0.1, 0.15) is 18.5 Å². The van der Waals surface area contributed by atoms with Crippen LogP contribution < -0.4 is 15.3 Å². The molecule has 2 aliphatic rings. The molecule has 3 aromatic rings. The number of hydrogen-bond acceptors (Lipinski definition) is 7. The molecule has 2 saturated heterocycles. The van der Waals surface area contributed by atoms with Gasteiger partial charge in [0.15, 0.2) is 12.1 Å². The van der Waals surface area contributed by atoms with Crippen LogP contribution in [0.3, 0.4) is 0 Å². The van der Waals surface area contributed by atoms with Crippen LogP contribution in [-0.2, 0) is 22.6 Å².